The number of rotatable bonds is 5. The number of aryl methyl sites for hydroxylation is 1. The Bertz CT molecular complexity index is 242. The third kappa shape index (κ3) is 4.05. The molecule has 0 bridgehead atoms. The van der Waals surface area contributed by atoms with Crippen molar-refractivity contribution in [2.75, 3.05) is 27.2 Å². The van der Waals surface area contributed by atoms with Crippen LogP contribution in [0.4, 0.5) is 0 Å². The summed E-state index contributed by atoms with van der Waals surface area (Å²) in [7, 11) is 4.14. The highest BCUT2D eigenvalue weighted by molar-refractivity contribution is 5.05. The number of nitrogens with zero attached hydrogens (tertiary/aromatic N) is 2. The van der Waals surface area contributed by atoms with Crippen LogP contribution >= 0.6 is 0 Å². The maximum atomic E-state index is 4.13. The van der Waals surface area contributed by atoms with Gasteiger partial charge in [-0.25, -0.2) is 0 Å². The molecule has 13 heavy (non-hydrogen) atoms. The van der Waals surface area contributed by atoms with Crippen LogP contribution in [0.3, 0.4) is 0 Å². The van der Waals surface area contributed by atoms with Crippen LogP contribution in [0.5, 0.6) is 0 Å². The molecule has 1 aromatic rings. The number of hydrogen-bond donors (Lipinski definition) is 2. The summed E-state index contributed by atoms with van der Waals surface area (Å²) in [6.07, 6.45) is 0. The van der Waals surface area contributed by atoms with Crippen LogP contribution in [0.2, 0.25) is 0 Å². The molecular formula is C9H18N4. The third-order valence-corrected chi connectivity index (χ3v) is 1.80. The minimum Gasteiger partial charge on any atom is -0.310 e. The van der Waals surface area contributed by atoms with E-state index in [9.17, 15) is 0 Å². The molecule has 0 aliphatic rings. The van der Waals surface area contributed by atoms with Crippen molar-refractivity contribution in [3.05, 3.63) is 17.5 Å². The number of nitrogens with one attached hydrogen (secondary N) is 2. The van der Waals surface area contributed by atoms with Crippen molar-refractivity contribution < 1.29 is 0 Å². The standard InChI is InChI=1S/C9H18N4/c1-8-6-9(12-11-8)7-10-4-5-13(2)3/h6,10H,4-5,7H2,1-3H3,(H,11,12). The largest absolute Gasteiger partial charge is 0.310 e. The Morgan fingerprint density at radius 2 is 2.31 bits per heavy atom. The molecule has 1 rings (SSSR count). The van der Waals surface area contributed by atoms with E-state index in [0.29, 0.717) is 0 Å². The van der Waals surface area contributed by atoms with Gasteiger partial charge in [0.2, 0.25) is 0 Å². The Hall–Kier alpha value is -0.870. The molecule has 0 atom stereocenters. The van der Waals surface area contributed by atoms with Crippen molar-refractivity contribution >= 4 is 0 Å². The molecule has 2 N–H and O–H groups in total. The Labute approximate surface area is 79.3 Å². The molecule has 0 saturated carbocycles. The minimum atomic E-state index is 0.845. The van der Waals surface area contributed by atoms with Crippen LogP contribution in [-0.4, -0.2) is 42.3 Å². The summed E-state index contributed by atoms with van der Waals surface area (Å²) in [5, 5.41) is 10.4. The average molecular weight is 182 g/mol. The highest BCUT2D eigenvalue weighted by Gasteiger charge is 1.96. The normalized spacial score (nSPS) is 11.1. The van der Waals surface area contributed by atoms with E-state index in [4.69, 9.17) is 0 Å². The van der Waals surface area contributed by atoms with E-state index in [-0.39, 0.29) is 0 Å². The molecule has 0 radical (unpaired) electrons. The van der Waals surface area contributed by atoms with Gasteiger partial charge in [-0.05, 0) is 27.1 Å². The van der Waals surface area contributed by atoms with Crippen LogP contribution in [0.15, 0.2) is 6.07 Å². The molecule has 0 saturated heterocycles. The van der Waals surface area contributed by atoms with Gasteiger partial charge in [0.15, 0.2) is 0 Å². The fourth-order valence-corrected chi connectivity index (χ4v) is 1.08. The molecule has 0 aliphatic carbocycles. The maximum absolute atomic E-state index is 4.13. The van der Waals surface area contributed by atoms with Gasteiger partial charge in [0.1, 0.15) is 0 Å². The minimum absolute atomic E-state index is 0.845. The summed E-state index contributed by atoms with van der Waals surface area (Å²) in [5.41, 5.74) is 2.20. The van der Waals surface area contributed by atoms with Gasteiger partial charge in [-0.3, -0.25) is 5.10 Å². The maximum Gasteiger partial charge on any atom is 0.0762 e. The molecule has 1 heterocycles. The lowest BCUT2D eigenvalue weighted by molar-refractivity contribution is 0.399. The van der Waals surface area contributed by atoms with Crippen LogP contribution in [0.25, 0.3) is 0 Å². The molecule has 0 aromatic carbocycles. The van der Waals surface area contributed by atoms with E-state index in [1.54, 1.807) is 0 Å². The summed E-state index contributed by atoms with van der Waals surface area (Å²) in [4.78, 5) is 2.16. The SMILES string of the molecule is Cc1cc(CNCCN(C)C)n[nH]1. The molecule has 0 spiro atoms. The van der Waals surface area contributed by atoms with E-state index < -0.39 is 0 Å². The van der Waals surface area contributed by atoms with E-state index in [2.05, 4.69) is 40.6 Å². The van der Waals surface area contributed by atoms with Crippen molar-refractivity contribution in [3.63, 3.8) is 0 Å². The quantitative estimate of drug-likeness (QED) is 0.647. The van der Waals surface area contributed by atoms with Gasteiger partial charge in [-0.2, -0.15) is 5.10 Å². The number of hydrogen-bond acceptors (Lipinski definition) is 3. The van der Waals surface area contributed by atoms with Gasteiger partial charge in [-0.1, -0.05) is 0 Å². The van der Waals surface area contributed by atoms with Gasteiger partial charge >= 0.3 is 0 Å². The fourth-order valence-electron chi connectivity index (χ4n) is 1.08. The Kier molecular flexibility index (Phi) is 3.92. The second kappa shape index (κ2) is 4.99. The molecule has 0 unspecified atom stereocenters. The molecule has 74 valence electrons. The van der Waals surface area contributed by atoms with Gasteiger partial charge in [-0.15, -0.1) is 0 Å². The Morgan fingerprint density at radius 3 is 2.85 bits per heavy atom. The van der Waals surface area contributed by atoms with Gasteiger partial charge in [0, 0.05) is 25.3 Å². The monoisotopic (exact) mass is 182 g/mol. The summed E-state index contributed by atoms with van der Waals surface area (Å²) < 4.78 is 0. The van der Waals surface area contributed by atoms with Gasteiger partial charge in [0.25, 0.3) is 0 Å². The van der Waals surface area contributed by atoms with Crippen LogP contribution in [-0.2, 0) is 6.54 Å². The first kappa shape index (κ1) is 10.2. The average Bonchev–Trinajstić information content (AvgIpc) is 2.45. The first-order valence-corrected chi connectivity index (χ1v) is 4.55. The summed E-state index contributed by atoms with van der Waals surface area (Å²) >= 11 is 0. The molecule has 0 amide bonds. The van der Waals surface area contributed by atoms with E-state index >= 15 is 0 Å². The van der Waals surface area contributed by atoms with Crippen molar-refractivity contribution in [1.29, 1.82) is 0 Å². The molecule has 1 aromatic heterocycles. The molecule has 0 fully saturated rings. The van der Waals surface area contributed by atoms with E-state index in [1.807, 2.05) is 6.92 Å². The second-order valence-electron chi connectivity index (χ2n) is 3.52. The fraction of sp³-hybridized carbons (Fsp3) is 0.667. The predicted molar refractivity (Wildman–Crippen MR) is 53.6 cm³/mol. The van der Waals surface area contributed by atoms with Crippen molar-refractivity contribution in [3.8, 4) is 0 Å². The molecule has 0 aliphatic heterocycles. The second-order valence-corrected chi connectivity index (χ2v) is 3.52. The van der Waals surface area contributed by atoms with Crippen LogP contribution in [0, 0.1) is 6.92 Å². The highest BCUT2D eigenvalue weighted by atomic mass is 15.1. The first-order valence-electron chi connectivity index (χ1n) is 4.55. The zero-order valence-electron chi connectivity index (χ0n) is 8.59. The number of H-pyrrole nitrogens is 1. The number of aromatic nitrogens is 2. The van der Waals surface area contributed by atoms with Crippen LogP contribution < -0.4 is 5.32 Å². The lowest BCUT2D eigenvalue weighted by Gasteiger charge is -2.09. The zero-order valence-corrected chi connectivity index (χ0v) is 8.59. The van der Waals surface area contributed by atoms with Crippen molar-refractivity contribution in [2.24, 2.45) is 0 Å². The first-order chi connectivity index (χ1) is 6.18. The van der Waals surface area contributed by atoms with Crippen molar-refractivity contribution in [1.82, 2.24) is 20.4 Å². The molecule has 4 nitrogen and oxygen atoms in total. The summed E-state index contributed by atoms with van der Waals surface area (Å²) in [6, 6.07) is 2.06. The summed E-state index contributed by atoms with van der Waals surface area (Å²) in [5.74, 6) is 0. The molecular weight excluding hydrogens is 164 g/mol. The lowest BCUT2D eigenvalue weighted by atomic mass is 10.4. The number of likely N-dealkylation sites (N-methyl/N-ethyl adjacent to an activating group) is 1. The zero-order chi connectivity index (χ0) is 9.68. The topological polar surface area (TPSA) is 44.0 Å². The smallest absolute Gasteiger partial charge is 0.0762 e. The van der Waals surface area contributed by atoms with E-state index in [0.717, 1.165) is 31.0 Å². The van der Waals surface area contributed by atoms with E-state index in [1.165, 1.54) is 0 Å². The Balaban J connectivity index is 2.13. The lowest BCUT2D eigenvalue weighted by Crippen LogP contribution is -2.26. The van der Waals surface area contributed by atoms with Gasteiger partial charge in [0.05, 0.1) is 5.69 Å². The third-order valence-electron chi connectivity index (χ3n) is 1.80. The van der Waals surface area contributed by atoms with Crippen molar-refractivity contribution in [2.45, 2.75) is 13.5 Å². The molecule has 4 heteroatoms. The highest BCUT2D eigenvalue weighted by Crippen LogP contribution is 1.95. The summed E-state index contributed by atoms with van der Waals surface area (Å²) in [6.45, 7) is 4.91. The van der Waals surface area contributed by atoms with Crippen LogP contribution in [0.1, 0.15) is 11.4 Å². The predicted octanol–water partition coefficient (Wildman–Crippen LogP) is 0.369. The number of aromatic amines is 1. The van der Waals surface area contributed by atoms with Gasteiger partial charge < -0.3 is 10.2 Å². The Morgan fingerprint density at radius 1 is 1.54 bits per heavy atom.